The van der Waals surface area contributed by atoms with Crippen molar-refractivity contribution in [1.82, 2.24) is 0 Å². The molecular weight excluding hydrogens is 240 g/mol. The van der Waals surface area contributed by atoms with Crippen LogP contribution >= 0.6 is 0 Å². The van der Waals surface area contributed by atoms with Crippen molar-refractivity contribution in [3.05, 3.63) is 35.9 Å². The van der Waals surface area contributed by atoms with Gasteiger partial charge in [-0.25, -0.2) is 4.79 Å². The van der Waals surface area contributed by atoms with Crippen LogP contribution in [-0.4, -0.2) is 5.97 Å². The van der Waals surface area contributed by atoms with E-state index >= 15 is 0 Å². The molecule has 0 fully saturated rings. The van der Waals surface area contributed by atoms with E-state index in [2.05, 4.69) is 0 Å². The van der Waals surface area contributed by atoms with Crippen molar-refractivity contribution in [1.29, 1.82) is 0 Å². The standard InChI is InChI=1S/C16H24O3/c1-6-12-15(2,3)14(17)18-19-16(4,5)13-10-8-7-9-11-13/h7-11H,6,12H2,1-5H3. The second kappa shape index (κ2) is 6.20. The summed E-state index contributed by atoms with van der Waals surface area (Å²) in [5.74, 6) is -0.321. The van der Waals surface area contributed by atoms with Crippen molar-refractivity contribution in [2.24, 2.45) is 5.41 Å². The van der Waals surface area contributed by atoms with Crippen LogP contribution in [0.1, 0.15) is 53.0 Å². The second-order valence-corrected chi connectivity index (χ2v) is 5.96. The lowest BCUT2D eigenvalue weighted by Crippen LogP contribution is -2.31. The highest BCUT2D eigenvalue weighted by molar-refractivity contribution is 5.75. The van der Waals surface area contributed by atoms with Crippen LogP contribution in [-0.2, 0) is 20.2 Å². The van der Waals surface area contributed by atoms with Gasteiger partial charge in [-0.1, -0.05) is 43.7 Å². The SMILES string of the molecule is CCCC(C)(C)C(=O)OOC(C)(C)c1ccccc1. The Morgan fingerprint density at radius 1 is 1.11 bits per heavy atom. The highest BCUT2D eigenvalue weighted by Gasteiger charge is 2.32. The Morgan fingerprint density at radius 2 is 1.68 bits per heavy atom. The van der Waals surface area contributed by atoms with Gasteiger partial charge in [0.15, 0.2) is 0 Å². The molecule has 106 valence electrons. The summed E-state index contributed by atoms with van der Waals surface area (Å²) in [6, 6.07) is 9.71. The highest BCUT2D eigenvalue weighted by atomic mass is 17.2. The van der Waals surface area contributed by atoms with Crippen LogP contribution in [0.5, 0.6) is 0 Å². The summed E-state index contributed by atoms with van der Waals surface area (Å²) in [6.07, 6.45) is 1.71. The molecule has 0 atom stereocenters. The molecule has 3 heteroatoms. The summed E-state index contributed by atoms with van der Waals surface area (Å²) in [7, 11) is 0. The topological polar surface area (TPSA) is 35.5 Å². The fourth-order valence-corrected chi connectivity index (χ4v) is 1.87. The van der Waals surface area contributed by atoms with Gasteiger partial charge >= 0.3 is 5.97 Å². The average Bonchev–Trinajstić information content (AvgIpc) is 2.37. The Hall–Kier alpha value is -1.35. The van der Waals surface area contributed by atoms with Gasteiger partial charge in [0, 0.05) is 0 Å². The van der Waals surface area contributed by atoms with Crippen LogP contribution in [0.25, 0.3) is 0 Å². The third-order valence-electron chi connectivity index (χ3n) is 3.22. The summed E-state index contributed by atoms with van der Waals surface area (Å²) in [6.45, 7) is 9.55. The summed E-state index contributed by atoms with van der Waals surface area (Å²) < 4.78 is 0. The number of hydrogen-bond donors (Lipinski definition) is 0. The normalized spacial score (nSPS) is 12.3. The molecule has 0 spiro atoms. The summed E-state index contributed by atoms with van der Waals surface area (Å²) >= 11 is 0. The number of rotatable bonds is 6. The van der Waals surface area contributed by atoms with E-state index in [4.69, 9.17) is 9.78 Å². The van der Waals surface area contributed by atoms with Gasteiger partial charge in [-0.3, -0.25) is 4.89 Å². The molecule has 0 aliphatic heterocycles. The van der Waals surface area contributed by atoms with E-state index in [0.29, 0.717) is 0 Å². The molecule has 19 heavy (non-hydrogen) atoms. The van der Waals surface area contributed by atoms with Crippen molar-refractivity contribution in [2.45, 2.75) is 53.1 Å². The maximum atomic E-state index is 12.0. The fraction of sp³-hybridized carbons (Fsp3) is 0.562. The molecule has 0 saturated carbocycles. The zero-order valence-electron chi connectivity index (χ0n) is 12.5. The van der Waals surface area contributed by atoms with Crippen molar-refractivity contribution in [3.8, 4) is 0 Å². The molecule has 1 aromatic rings. The summed E-state index contributed by atoms with van der Waals surface area (Å²) in [5.41, 5.74) is -0.197. The first-order valence-electron chi connectivity index (χ1n) is 6.75. The molecule has 0 unspecified atom stereocenters. The Balaban J connectivity index is 2.64. The highest BCUT2D eigenvalue weighted by Crippen LogP contribution is 2.28. The molecule has 0 heterocycles. The number of carbonyl (C=O) groups is 1. The first kappa shape index (κ1) is 15.7. The van der Waals surface area contributed by atoms with E-state index in [1.165, 1.54) is 0 Å². The van der Waals surface area contributed by atoms with Crippen LogP contribution in [0.15, 0.2) is 30.3 Å². The number of hydrogen-bond acceptors (Lipinski definition) is 3. The third kappa shape index (κ3) is 4.35. The first-order chi connectivity index (χ1) is 8.79. The molecule has 0 amide bonds. The molecule has 0 N–H and O–H groups in total. The van der Waals surface area contributed by atoms with Gasteiger partial charge in [0.1, 0.15) is 5.60 Å². The molecular formula is C16H24O3. The smallest absolute Gasteiger partial charge is 0.297 e. The van der Waals surface area contributed by atoms with E-state index in [9.17, 15) is 4.79 Å². The van der Waals surface area contributed by atoms with Crippen molar-refractivity contribution < 1.29 is 14.6 Å². The van der Waals surface area contributed by atoms with Crippen LogP contribution in [0.2, 0.25) is 0 Å². The summed E-state index contributed by atoms with van der Waals surface area (Å²) in [4.78, 5) is 22.4. The predicted octanol–water partition coefficient (Wildman–Crippen LogP) is 4.22. The Bertz CT molecular complexity index is 407. The van der Waals surface area contributed by atoms with E-state index in [1.54, 1.807) is 0 Å². The molecule has 1 aromatic carbocycles. The molecule has 0 aliphatic carbocycles. The van der Waals surface area contributed by atoms with E-state index in [-0.39, 0.29) is 5.97 Å². The largest absolute Gasteiger partial charge is 0.347 e. The van der Waals surface area contributed by atoms with Crippen molar-refractivity contribution >= 4 is 5.97 Å². The van der Waals surface area contributed by atoms with E-state index in [1.807, 2.05) is 65.0 Å². The quantitative estimate of drug-likeness (QED) is 0.570. The van der Waals surface area contributed by atoms with Crippen LogP contribution in [0.3, 0.4) is 0 Å². The molecule has 0 saturated heterocycles. The summed E-state index contributed by atoms with van der Waals surface area (Å²) in [5, 5.41) is 0. The molecule has 0 aromatic heterocycles. The van der Waals surface area contributed by atoms with Crippen molar-refractivity contribution in [3.63, 3.8) is 0 Å². The van der Waals surface area contributed by atoms with Gasteiger partial charge in [0.25, 0.3) is 0 Å². The maximum absolute atomic E-state index is 12.0. The zero-order chi connectivity index (χ0) is 14.5. The second-order valence-electron chi connectivity index (χ2n) is 5.96. The maximum Gasteiger partial charge on any atom is 0.347 e. The molecule has 0 radical (unpaired) electrons. The van der Waals surface area contributed by atoms with Crippen LogP contribution in [0, 0.1) is 5.41 Å². The van der Waals surface area contributed by atoms with Gasteiger partial charge < -0.3 is 0 Å². The van der Waals surface area contributed by atoms with Gasteiger partial charge in [-0.2, -0.15) is 4.89 Å². The lowest BCUT2D eigenvalue weighted by Gasteiger charge is -2.26. The minimum Gasteiger partial charge on any atom is -0.297 e. The monoisotopic (exact) mass is 264 g/mol. The van der Waals surface area contributed by atoms with Crippen LogP contribution < -0.4 is 0 Å². The molecule has 1 rings (SSSR count). The van der Waals surface area contributed by atoms with Crippen LogP contribution in [0.4, 0.5) is 0 Å². The lowest BCUT2D eigenvalue weighted by atomic mass is 9.88. The number of carbonyl (C=O) groups excluding carboxylic acids is 1. The van der Waals surface area contributed by atoms with Gasteiger partial charge in [-0.15, -0.1) is 0 Å². The third-order valence-corrected chi connectivity index (χ3v) is 3.22. The first-order valence-corrected chi connectivity index (χ1v) is 6.75. The minimum atomic E-state index is -0.654. The van der Waals surface area contributed by atoms with Gasteiger partial charge in [0.05, 0.1) is 5.41 Å². The molecule has 0 bridgehead atoms. The average molecular weight is 264 g/mol. The zero-order valence-corrected chi connectivity index (χ0v) is 12.5. The molecule has 0 aliphatic rings. The van der Waals surface area contributed by atoms with Crippen molar-refractivity contribution in [2.75, 3.05) is 0 Å². The van der Waals surface area contributed by atoms with E-state index in [0.717, 1.165) is 18.4 Å². The fourth-order valence-electron chi connectivity index (χ4n) is 1.87. The lowest BCUT2D eigenvalue weighted by molar-refractivity contribution is -0.335. The Labute approximate surface area is 115 Å². The van der Waals surface area contributed by atoms with Gasteiger partial charge in [0.2, 0.25) is 0 Å². The Kier molecular flexibility index (Phi) is 5.12. The minimum absolute atomic E-state index is 0.321. The Morgan fingerprint density at radius 3 is 2.21 bits per heavy atom. The van der Waals surface area contributed by atoms with E-state index < -0.39 is 11.0 Å². The predicted molar refractivity (Wildman–Crippen MR) is 75.3 cm³/mol. The molecule has 3 nitrogen and oxygen atoms in total. The van der Waals surface area contributed by atoms with Gasteiger partial charge in [-0.05, 0) is 39.7 Å². The number of benzene rings is 1.